The van der Waals surface area contributed by atoms with Crippen molar-refractivity contribution in [1.82, 2.24) is 15.2 Å². The minimum absolute atomic E-state index is 0.0894. The van der Waals surface area contributed by atoms with Gasteiger partial charge < -0.3 is 11.1 Å². The molecule has 0 aliphatic heterocycles. The summed E-state index contributed by atoms with van der Waals surface area (Å²) >= 11 is 1.24. The third-order valence-corrected chi connectivity index (χ3v) is 3.60. The standard InChI is InChI=1S/C13H17N5OS/c1-7-4-8(2)11(9(3)5-7)15-10(19)6-20-13-16-12(14)17-18-13/h4-5H,6H2,1-3H3,(H,15,19)(H3,14,16,17,18). The number of aryl methyl sites for hydroxylation is 3. The smallest absolute Gasteiger partial charge is 0.234 e. The highest BCUT2D eigenvalue weighted by Crippen LogP contribution is 2.22. The Kier molecular flexibility index (Phi) is 4.29. The second-order valence-corrected chi connectivity index (χ2v) is 5.56. The molecule has 0 spiro atoms. The highest BCUT2D eigenvalue weighted by Gasteiger charge is 2.10. The number of nitrogen functional groups attached to an aromatic ring is 1. The number of nitrogens with one attached hydrogen (secondary N) is 2. The molecular weight excluding hydrogens is 274 g/mol. The Hall–Kier alpha value is -2.02. The number of H-pyrrole nitrogens is 1. The van der Waals surface area contributed by atoms with E-state index in [-0.39, 0.29) is 17.6 Å². The number of aromatic amines is 1. The first-order chi connectivity index (χ1) is 9.45. The molecule has 0 fully saturated rings. The van der Waals surface area contributed by atoms with Crippen molar-refractivity contribution in [1.29, 1.82) is 0 Å². The van der Waals surface area contributed by atoms with Crippen LogP contribution in [0.2, 0.25) is 0 Å². The van der Waals surface area contributed by atoms with Gasteiger partial charge in [-0.05, 0) is 31.9 Å². The van der Waals surface area contributed by atoms with Crippen LogP contribution in [0.1, 0.15) is 16.7 Å². The summed E-state index contributed by atoms with van der Waals surface area (Å²) in [4.78, 5) is 15.9. The largest absolute Gasteiger partial charge is 0.368 e. The molecule has 1 amide bonds. The molecule has 0 atom stereocenters. The van der Waals surface area contributed by atoms with Crippen molar-refractivity contribution >= 4 is 29.3 Å². The first-order valence-corrected chi connectivity index (χ1v) is 7.12. The summed E-state index contributed by atoms with van der Waals surface area (Å²) in [5.74, 6) is 0.399. The zero-order valence-electron chi connectivity index (χ0n) is 11.7. The number of nitrogens with two attached hydrogens (primary N) is 1. The number of aromatic nitrogens is 3. The summed E-state index contributed by atoms with van der Waals surface area (Å²) in [5.41, 5.74) is 9.59. The van der Waals surface area contributed by atoms with Crippen molar-refractivity contribution in [2.75, 3.05) is 16.8 Å². The van der Waals surface area contributed by atoms with Gasteiger partial charge in [0.1, 0.15) is 0 Å². The van der Waals surface area contributed by atoms with Crippen LogP contribution in [0, 0.1) is 20.8 Å². The number of rotatable bonds is 4. The molecule has 4 N–H and O–H groups in total. The number of amides is 1. The predicted molar refractivity (Wildman–Crippen MR) is 80.8 cm³/mol. The minimum Gasteiger partial charge on any atom is -0.368 e. The summed E-state index contributed by atoms with van der Waals surface area (Å²) in [6.45, 7) is 6.01. The Morgan fingerprint density at radius 3 is 2.55 bits per heavy atom. The van der Waals surface area contributed by atoms with Gasteiger partial charge in [0.05, 0.1) is 5.75 Å². The number of nitrogens with zero attached hydrogens (tertiary/aromatic N) is 2. The van der Waals surface area contributed by atoms with Gasteiger partial charge in [0.2, 0.25) is 17.0 Å². The monoisotopic (exact) mass is 291 g/mol. The molecule has 106 valence electrons. The predicted octanol–water partition coefficient (Wildman–Crippen LogP) is 2.04. The van der Waals surface area contributed by atoms with E-state index in [0.29, 0.717) is 5.16 Å². The Morgan fingerprint density at radius 2 is 2.00 bits per heavy atom. The Bertz CT molecular complexity index is 614. The number of hydrogen-bond donors (Lipinski definition) is 3. The van der Waals surface area contributed by atoms with Crippen molar-refractivity contribution in [3.63, 3.8) is 0 Å². The molecule has 6 nitrogen and oxygen atoms in total. The highest BCUT2D eigenvalue weighted by atomic mass is 32.2. The molecule has 1 heterocycles. The quantitative estimate of drug-likeness (QED) is 0.749. The summed E-state index contributed by atoms with van der Waals surface area (Å²) in [5, 5.41) is 9.79. The first kappa shape index (κ1) is 14.4. The van der Waals surface area contributed by atoms with Crippen LogP contribution in [0.5, 0.6) is 0 Å². The number of anilines is 2. The second kappa shape index (κ2) is 5.96. The zero-order valence-corrected chi connectivity index (χ0v) is 12.5. The summed E-state index contributed by atoms with van der Waals surface area (Å²) in [6.07, 6.45) is 0. The molecule has 0 aliphatic rings. The lowest BCUT2D eigenvalue weighted by Crippen LogP contribution is -2.16. The fourth-order valence-corrected chi connectivity index (χ4v) is 2.61. The number of hydrogen-bond acceptors (Lipinski definition) is 5. The maximum atomic E-state index is 12.0. The van der Waals surface area contributed by atoms with Crippen molar-refractivity contribution in [2.45, 2.75) is 25.9 Å². The molecule has 0 saturated heterocycles. The van der Waals surface area contributed by atoms with Crippen LogP contribution < -0.4 is 11.1 Å². The maximum Gasteiger partial charge on any atom is 0.234 e. The third-order valence-electron chi connectivity index (χ3n) is 2.76. The molecule has 0 aliphatic carbocycles. The van der Waals surface area contributed by atoms with E-state index in [2.05, 4.69) is 20.5 Å². The van der Waals surface area contributed by atoms with Crippen molar-refractivity contribution in [3.05, 3.63) is 28.8 Å². The number of carbonyl (C=O) groups excluding carboxylic acids is 1. The van der Waals surface area contributed by atoms with Gasteiger partial charge in [0, 0.05) is 5.69 Å². The number of carbonyl (C=O) groups is 1. The molecule has 7 heteroatoms. The van der Waals surface area contributed by atoms with Gasteiger partial charge in [-0.2, -0.15) is 4.98 Å². The number of benzene rings is 1. The van der Waals surface area contributed by atoms with E-state index in [1.54, 1.807) is 0 Å². The zero-order chi connectivity index (χ0) is 14.7. The second-order valence-electron chi connectivity index (χ2n) is 4.61. The summed E-state index contributed by atoms with van der Waals surface area (Å²) in [7, 11) is 0. The fraction of sp³-hybridized carbons (Fsp3) is 0.308. The van der Waals surface area contributed by atoms with Crippen LogP contribution in [0.4, 0.5) is 11.6 Å². The van der Waals surface area contributed by atoms with E-state index in [4.69, 9.17) is 5.73 Å². The van der Waals surface area contributed by atoms with Gasteiger partial charge in [-0.15, -0.1) is 5.10 Å². The van der Waals surface area contributed by atoms with Crippen LogP contribution >= 0.6 is 11.8 Å². The fourth-order valence-electron chi connectivity index (χ4n) is 2.01. The van der Waals surface area contributed by atoms with E-state index in [0.717, 1.165) is 16.8 Å². The van der Waals surface area contributed by atoms with Crippen LogP contribution in [0.15, 0.2) is 17.3 Å². The maximum absolute atomic E-state index is 12.0. The topological polar surface area (TPSA) is 96.7 Å². The summed E-state index contributed by atoms with van der Waals surface area (Å²) < 4.78 is 0. The van der Waals surface area contributed by atoms with E-state index in [1.165, 1.54) is 17.3 Å². The van der Waals surface area contributed by atoms with E-state index in [1.807, 2.05) is 32.9 Å². The van der Waals surface area contributed by atoms with E-state index < -0.39 is 0 Å². The summed E-state index contributed by atoms with van der Waals surface area (Å²) in [6, 6.07) is 4.09. The Labute approximate surface area is 121 Å². The lowest BCUT2D eigenvalue weighted by atomic mass is 10.1. The normalized spacial score (nSPS) is 10.6. The minimum atomic E-state index is -0.0894. The van der Waals surface area contributed by atoms with Crippen molar-refractivity contribution in [2.24, 2.45) is 0 Å². The van der Waals surface area contributed by atoms with E-state index in [9.17, 15) is 4.79 Å². The van der Waals surface area contributed by atoms with Gasteiger partial charge >= 0.3 is 0 Å². The van der Waals surface area contributed by atoms with Crippen LogP contribution in [-0.4, -0.2) is 26.8 Å². The molecule has 20 heavy (non-hydrogen) atoms. The van der Waals surface area contributed by atoms with Crippen LogP contribution in [0.3, 0.4) is 0 Å². The highest BCUT2D eigenvalue weighted by molar-refractivity contribution is 7.99. The first-order valence-electron chi connectivity index (χ1n) is 6.14. The average molecular weight is 291 g/mol. The lowest BCUT2D eigenvalue weighted by Gasteiger charge is -2.12. The van der Waals surface area contributed by atoms with Crippen molar-refractivity contribution < 1.29 is 4.79 Å². The van der Waals surface area contributed by atoms with Crippen LogP contribution in [-0.2, 0) is 4.79 Å². The molecule has 0 radical (unpaired) electrons. The van der Waals surface area contributed by atoms with Crippen LogP contribution in [0.25, 0.3) is 0 Å². The molecule has 0 bridgehead atoms. The van der Waals surface area contributed by atoms with Gasteiger partial charge in [-0.3, -0.25) is 4.79 Å². The molecular formula is C13H17N5OS. The van der Waals surface area contributed by atoms with Gasteiger partial charge in [-0.1, -0.05) is 29.5 Å². The molecule has 2 aromatic rings. The van der Waals surface area contributed by atoms with Crippen molar-refractivity contribution in [3.8, 4) is 0 Å². The number of thioether (sulfide) groups is 1. The van der Waals surface area contributed by atoms with Gasteiger partial charge in [0.25, 0.3) is 0 Å². The van der Waals surface area contributed by atoms with E-state index >= 15 is 0 Å². The Morgan fingerprint density at radius 1 is 1.35 bits per heavy atom. The Balaban J connectivity index is 1.98. The SMILES string of the molecule is Cc1cc(C)c(NC(=O)CSc2n[nH]c(N)n2)c(C)c1. The molecule has 2 rings (SSSR count). The molecule has 1 aromatic heterocycles. The molecule has 0 saturated carbocycles. The average Bonchev–Trinajstić information content (AvgIpc) is 2.77. The lowest BCUT2D eigenvalue weighted by molar-refractivity contribution is -0.113. The van der Waals surface area contributed by atoms with Gasteiger partial charge in [-0.25, -0.2) is 5.10 Å². The van der Waals surface area contributed by atoms with Gasteiger partial charge in [0.15, 0.2) is 0 Å². The molecule has 1 aromatic carbocycles. The third kappa shape index (κ3) is 3.51. The molecule has 0 unspecified atom stereocenters.